The van der Waals surface area contributed by atoms with Gasteiger partial charge in [0.15, 0.2) is 0 Å². The van der Waals surface area contributed by atoms with Gasteiger partial charge >= 0.3 is 6.18 Å². The van der Waals surface area contributed by atoms with Gasteiger partial charge in [0.1, 0.15) is 5.75 Å². The third-order valence-electron chi connectivity index (χ3n) is 4.60. The first-order chi connectivity index (χ1) is 13.3. The summed E-state index contributed by atoms with van der Waals surface area (Å²) in [5.41, 5.74) is 6.89. The van der Waals surface area contributed by atoms with Gasteiger partial charge in [-0.25, -0.2) is 0 Å². The Kier molecular flexibility index (Phi) is 6.27. The minimum Gasteiger partial charge on any atom is -0.496 e. The number of hydrogen-bond donors (Lipinski definition) is 2. The number of hydrogen-bond acceptors (Lipinski definition) is 2. The minimum absolute atomic E-state index is 0.0247. The van der Waals surface area contributed by atoms with Gasteiger partial charge in [0.2, 0.25) is 0 Å². The van der Waals surface area contributed by atoms with Gasteiger partial charge in [0.25, 0.3) is 0 Å². The summed E-state index contributed by atoms with van der Waals surface area (Å²) in [6.07, 6.45) is -2.43. The SMILES string of the molecule is COc1ccc(Br)cc1-c1[nH]c2c(C(F)(F)F)cc(Cl)cc2c1CCCCN. The molecule has 0 fully saturated rings. The molecule has 0 spiro atoms. The quantitative estimate of drug-likeness (QED) is 0.397. The van der Waals surface area contributed by atoms with Crippen LogP contribution in [0.2, 0.25) is 5.02 Å². The molecule has 0 saturated heterocycles. The largest absolute Gasteiger partial charge is 0.496 e. The van der Waals surface area contributed by atoms with Crippen LogP contribution in [0.4, 0.5) is 13.2 Å². The summed E-state index contributed by atoms with van der Waals surface area (Å²) >= 11 is 9.46. The van der Waals surface area contributed by atoms with Crippen LogP contribution in [-0.4, -0.2) is 18.6 Å². The summed E-state index contributed by atoms with van der Waals surface area (Å²) in [5.74, 6) is 0.564. The van der Waals surface area contributed by atoms with Gasteiger partial charge in [-0.15, -0.1) is 0 Å². The number of aryl methyl sites for hydroxylation is 1. The molecule has 1 heterocycles. The highest BCUT2D eigenvalue weighted by atomic mass is 79.9. The lowest BCUT2D eigenvalue weighted by Crippen LogP contribution is -2.05. The Labute approximate surface area is 174 Å². The molecule has 8 heteroatoms. The number of rotatable bonds is 6. The predicted molar refractivity (Wildman–Crippen MR) is 110 cm³/mol. The molecular weight excluding hydrogens is 457 g/mol. The predicted octanol–water partition coefficient (Wildman–Crippen LogP) is 6.56. The zero-order chi connectivity index (χ0) is 20.5. The topological polar surface area (TPSA) is 51.0 Å². The molecule has 3 nitrogen and oxygen atoms in total. The van der Waals surface area contributed by atoms with Crippen molar-refractivity contribution in [3.8, 4) is 17.0 Å². The van der Waals surface area contributed by atoms with E-state index in [1.54, 1.807) is 12.1 Å². The molecule has 3 N–H and O–H groups in total. The molecule has 0 aliphatic heterocycles. The second-order valence-corrected chi connectivity index (χ2v) is 7.79. The van der Waals surface area contributed by atoms with E-state index in [1.165, 1.54) is 7.11 Å². The third kappa shape index (κ3) is 4.16. The first-order valence-electron chi connectivity index (χ1n) is 8.71. The van der Waals surface area contributed by atoms with E-state index in [4.69, 9.17) is 22.1 Å². The van der Waals surface area contributed by atoms with Crippen LogP contribution in [0.5, 0.6) is 5.75 Å². The number of benzene rings is 2. The number of unbranched alkanes of at least 4 members (excludes halogenated alkanes) is 1. The molecule has 0 amide bonds. The third-order valence-corrected chi connectivity index (χ3v) is 5.31. The Morgan fingerprint density at radius 3 is 2.57 bits per heavy atom. The Balaban J connectivity index is 2.32. The summed E-state index contributed by atoms with van der Waals surface area (Å²) in [6, 6.07) is 7.94. The Bertz CT molecular complexity index is 1000. The van der Waals surface area contributed by atoms with E-state index in [0.717, 1.165) is 28.9 Å². The highest BCUT2D eigenvalue weighted by Crippen LogP contribution is 2.43. The Morgan fingerprint density at radius 2 is 1.93 bits per heavy atom. The standard InChI is InChI=1S/C20H19BrClF3N2O/c1-28-17-6-5-11(21)8-15(17)18-13(4-2-3-7-26)14-9-12(22)10-16(19(14)27-18)20(23,24)25/h5-6,8-10,27H,2-4,7,26H2,1H3. The summed E-state index contributed by atoms with van der Waals surface area (Å²) in [5, 5.41) is 0.514. The molecule has 0 atom stereocenters. The first-order valence-corrected chi connectivity index (χ1v) is 9.88. The van der Waals surface area contributed by atoms with Crippen molar-refractivity contribution >= 4 is 38.4 Å². The summed E-state index contributed by atoms with van der Waals surface area (Å²) in [7, 11) is 1.53. The van der Waals surface area contributed by atoms with Crippen molar-refractivity contribution in [3.63, 3.8) is 0 Å². The van der Waals surface area contributed by atoms with Crippen molar-refractivity contribution in [1.29, 1.82) is 0 Å². The molecule has 0 unspecified atom stereocenters. The molecule has 3 aromatic rings. The lowest BCUT2D eigenvalue weighted by molar-refractivity contribution is -0.136. The number of methoxy groups -OCH3 is 1. The van der Waals surface area contributed by atoms with E-state index >= 15 is 0 Å². The van der Waals surface area contributed by atoms with Crippen LogP contribution in [0.3, 0.4) is 0 Å². The van der Waals surface area contributed by atoms with Crippen LogP contribution in [0.15, 0.2) is 34.8 Å². The van der Waals surface area contributed by atoms with Crippen molar-refractivity contribution in [1.82, 2.24) is 4.98 Å². The lowest BCUT2D eigenvalue weighted by atomic mass is 9.99. The second kappa shape index (κ2) is 8.35. The fourth-order valence-corrected chi connectivity index (χ4v) is 3.93. The van der Waals surface area contributed by atoms with Gasteiger partial charge in [-0.1, -0.05) is 27.5 Å². The first kappa shape index (κ1) is 21.0. The number of nitrogens with two attached hydrogens (primary N) is 1. The molecule has 150 valence electrons. The number of ether oxygens (including phenoxy) is 1. The van der Waals surface area contributed by atoms with Gasteiger partial charge < -0.3 is 15.5 Å². The molecular formula is C20H19BrClF3N2O. The molecule has 0 aliphatic carbocycles. The zero-order valence-electron chi connectivity index (χ0n) is 15.1. The number of H-pyrrole nitrogens is 1. The Morgan fingerprint density at radius 1 is 1.18 bits per heavy atom. The number of alkyl halides is 3. The van der Waals surface area contributed by atoms with E-state index < -0.39 is 11.7 Å². The number of aromatic amines is 1. The van der Waals surface area contributed by atoms with Crippen LogP contribution in [0, 0.1) is 0 Å². The van der Waals surface area contributed by atoms with Gasteiger partial charge in [-0.2, -0.15) is 13.2 Å². The highest BCUT2D eigenvalue weighted by molar-refractivity contribution is 9.10. The molecule has 0 radical (unpaired) electrons. The van der Waals surface area contributed by atoms with Crippen molar-refractivity contribution in [3.05, 3.63) is 51.0 Å². The maximum Gasteiger partial charge on any atom is 0.418 e. The molecule has 0 aliphatic rings. The zero-order valence-corrected chi connectivity index (χ0v) is 17.4. The van der Waals surface area contributed by atoms with Crippen molar-refractivity contribution < 1.29 is 17.9 Å². The van der Waals surface area contributed by atoms with E-state index in [-0.39, 0.29) is 10.5 Å². The molecule has 2 aromatic carbocycles. The Hall–Kier alpha value is -1.70. The van der Waals surface area contributed by atoms with Crippen LogP contribution >= 0.6 is 27.5 Å². The van der Waals surface area contributed by atoms with Crippen LogP contribution in [-0.2, 0) is 12.6 Å². The summed E-state index contributed by atoms with van der Waals surface area (Å²) < 4.78 is 47.1. The molecule has 0 bridgehead atoms. The molecule has 1 aromatic heterocycles. The van der Waals surface area contributed by atoms with E-state index in [2.05, 4.69) is 20.9 Å². The van der Waals surface area contributed by atoms with E-state index in [0.29, 0.717) is 35.4 Å². The number of halogens is 5. The maximum atomic E-state index is 13.6. The van der Waals surface area contributed by atoms with E-state index in [1.807, 2.05) is 12.1 Å². The average Bonchev–Trinajstić information content (AvgIpc) is 2.98. The highest BCUT2D eigenvalue weighted by Gasteiger charge is 2.35. The van der Waals surface area contributed by atoms with Gasteiger partial charge in [0.05, 0.1) is 23.9 Å². The maximum absolute atomic E-state index is 13.6. The lowest BCUT2D eigenvalue weighted by Gasteiger charge is -2.10. The second-order valence-electron chi connectivity index (χ2n) is 6.44. The number of aromatic nitrogens is 1. The number of fused-ring (bicyclic) bond motifs is 1. The molecule has 28 heavy (non-hydrogen) atoms. The molecule has 3 rings (SSSR count). The minimum atomic E-state index is -4.53. The van der Waals surface area contributed by atoms with Crippen LogP contribution in [0.1, 0.15) is 24.0 Å². The summed E-state index contributed by atoms with van der Waals surface area (Å²) in [4.78, 5) is 3.00. The monoisotopic (exact) mass is 474 g/mol. The summed E-state index contributed by atoms with van der Waals surface area (Å²) in [6.45, 7) is 0.520. The van der Waals surface area contributed by atoms with Crippen LogP contribution < -0.4 is 10.5 Å². The smallest absolute Gasteiger partial charge is 0.418 e. The van der Waals surface area contributed by atoms with Crippen LogP contribution in [0.25, 0.3) is 22.2 Å². The van der Waals surface area contributed by atoms with Gasteiger partial charge in [0, 0.05) is 20.4 Å². The van der Waals surface area contributed by atoms with E-state index in [9.17, 15) is 13.2 Å². The van der Waals surface area contributed by atoms with Crippen molar-refractivity contribution in [2.45, 2.75) is 25.4 Å². The number of nitrogens with one attached hydrogen (secondary N) is 1. The van der Waals surface area contributed by atoms with Crippen molar-refractivity contribution in [2.75, 3.05) is 13.7 Å². The van der Waals surface area contributed by atoms with Gasteiger partial charge in [-0.3, -0.25) is 0 Å². The van der Waals surface area contributed by atoms with Crippen molar-refractivity contribution in [2.24, 2.45) is 5.73 Å². The normalized spacial score (nSPS) is 12.0. The molecule has 0 saturated carbocycles. The average molecular weight is 476 g/mol. The fraction of sp³-hybridized carbons (Fsp3) is 0.300. The fourth-order valence-electron chi connectivity index (χ4n) is 3.35. The van der Waals surface area contributed by atoms with Gasteiger partial charge in [-0.05, 0) is 61.7 Å².